The van der Waals surface area contributed by atoms with Crippen LogP contribution in [0, 0.1) is 0 Å². The molecule has 2 N–H and O–H groups in total. The zero-order valence-corrected chi connectivity index (χ0v) is 6.68. The normalized spacial score (nSPS) is 9.40. The Morgan fingerprint density at radius 3 is 2.20 bits per heavy atom. The van der Waals surface area contributed by atoms with E-state index in [1.807, 2.05) is 31.3 Å². The van der Waals surface area contributed by atoms with E-state index >= 15 is 0 Å². The Kier molecular flexibility index (Phi) is 2.06. The maximum absolute atomic E-state index is 5.48. The molecule has 0 unspecified atom stereocenters. The second-order valence-electron chi connectivity index (χ2n) is 2.12. The zero-order valence-electron chi connectivity index (χ0n) is 5.78. The van der Waals surface area contributed by atoms with Crippen LogP contribution >= 0.6 is 12.8 Å². The average molecular weight is 154 g/mol. The smallest absolute Gasteiger partial charge is 0.0465 e. The molecule has 1 aromatic carbocycles. The lowest BCUT2D eigenvalue weighted by Crippen LogP contribution is -1.99. The lowest BCUT2D eigenvalue weighted by molar-refractivity contribution is 1.37. The predicted molar refractivity (Wildman–Crippen MR) is 48.2 cm³/mol. The summed E-state index contributed by atoms with van der Waals surface area (Å²) in [5.41, 5.74) is 7.30. The van der Waals surface area contributed by atoms with Crippen LogP contribution in [0.2, 0.25) is 0 Å². The second-order valence-corrected chi connectivity index (χ2v) is 2.72. The molecule has 0 saturated carbocycles. The molecule has 0 fully saturated rings. The number of nitrogens with two attached hydrogens (primary N) is 1. The maximum Gasteiger partial charge on any atom is 0.0465 e. The van der Waals surface area contributed by atoms with Crippen molar-refractivity contribution >= 4 is 24.2 Å². The molecule has 0 heterocycles. The van der Waals surface area contributed by atoms with E-state index in [1.54, 1.807) is 4.31 Å². The van der Waals surface area contributed by atoms with Crippen molar-refractivity contribution < 1.29 is 0 Å². The fraction of sp³-hybridized carbons (Fsp3) is 0.143. The number of hydrogen-bond donors (Lipinski definition) is 2. The van der Waals surface area contributed by atoms with Gasteiger partial charge in [0.15, 0.2) is 0 Å². The van der Waals surface area contributed by atoms with Crippen LogP contribution in [0.4, 0.5) is 11.4 Å². The summed E-state index contributed by atoms with van der Waals surface area (Å²) in [7, 11) is 1.87. The van der Waals surface area contributed by atoms with E-state index in [9.17, 15) is 0 Å². The summed E-state index contributed by atoms with van der Waals surface area (Å²) < 4.78 is 1.74. The molecule has 0 aromatic heterocycles. The van der Waals surface area contributed by atoms with E-state index < -0.39 is 0 Å². The first-order chi connectivity index (χ1) is 4.70. The van der Waals surface area contributed by atoms with Gasteiger partial charge in [-0.2, -0.15) is 0 Å². The van der Waals surface area contributed by atoms with Crippen molar-refractivity contribution in [3.63, 3.8) is 0 Å². The lowest BCUT2D eigenvalue weighted by atomic mass is 10.3. The molecule has 0 aliphatic rings. The van der Waals surface area contributed by atoms with Crippen LogP contribution in [-0.2, 0) is 0 Å². The maximum atomic E-state index is 5.48. The first-order valence-corrected chi connectivity index (χ1v) is 3.38. The van der Waals surface area contributed by atoms with E-state index in [-0.39, 0.29) is 0 Å². The highest BCUT2D eigenvalue weighted by Gasteiger charge is 1.92. The number of nitrogen functional groups attached to an aromatic ring is 1. The standard InChI is InChI=1S/C7H10N2S/c1-9(10)7-4-2-6(8)3-5-7/h2-5,10H,8H2,1H3. The van der Waals surface area contributed by atoms with Gasteiger partial charge in [-0.25, -0.2) is 0 Å². The molecule has 0 saturated heterocycles. The number of benzene rings is 1. The SMILES string of the molecule is CN(S)c1ccc(N)cc1. The molecule has 0 aliphatic heterocycles. The highest BCUT2D eigenvalue weighted by molar-refractivity contribution is 7.81. The highest BCUT2D eigenvalue weighted by atomic mass is 32.1. The first-order valence-electron chi connectivity index (χ1n) is 2.98. The summed E-state index contributed by atoms with van der Waals surface area (Å²) in [4.78, 5) is 0. The summed E-state index contributed by atoms with van der Waals surface area (Å²) in [6, 6.07) is 7.54. The van der Waals surface area contributed by atoms with E-state index in [2.05, 4.69) is 12.8 Å². The van der Waals surface area contributed by atoms with Gasteiger partial charge < -0.3 is 10.0 Å². The van der Waals surface area contributed by atoms with Gasteiger partial charge in [-0.05, 0) is 24.3 Å². The number of hydrogen-bond acceptors (Lipinski definition) is 3. The van der Waals surface area contributed by atoms with Crippen molar-refractivity contribution in [3.05, 3.63) is 24.3 Å². The Hall–Kier alpha value is -0.830. The zero-order chi connectivity index (χ0) is 7.56. The van der Waals surface area contributed by atoms with Crippen molar-refractivity contribution in [2.24, 2.45) is 0 Å². The van der Waals surface area contributed by atoms with Gasteiger partial charge >= 0.3 is 0 Å². The van der Waals surface area contributed by atoms with Gasteiger partial charge in [-0.15, -0.1) is 0 Å². The van der Waals surface area contributed by atoms with Crippen LogP contribution in [0.1, 0.15) is 0 Å². The van der Waals surface area contributed by atoms with Crippen LogP contribution in [0.3, 0.4) is 0 Å². The van der Waals surface area contributed by atoms with Crippen molar-refractivity contribution in [2.75, 3.05) is 17.1 Å². The van der Waals surface area contributed by atoms with Crippen molar-refractivity contribution in [1.82, 2.24) is 0 Å². The molecule has 1 aromatic rings. The minimum absolute atomic E-state index is 0.777. The molecule has 10 heavy (non-hydrogen) atoms. The van der Waals surface area contributed by atoms with Crippen LogP contribution in [0.5, 0.6) is 0 Å². The topological polar surface area (TPSA) is 29.3 Å². The Bertz CT molecular complexity index is 205. The first kappa shape index (κ1) is 7.28. The van der Waals surface area contributed by atoms with Crippen LogP contribution in [-0.4, -0.2) is 7.05 Å². The highest BCUT2D eigenvalue weighted by Crippen LogP contribution is 2.15. The minimum Gasteiger partial charge on any atom is -0.399 e. The van der Waals surface area contributed by atoms with Gasteiger partial charge in [-0.1, -0.05) is 12.8 Å². The molecular formula is C7H10N2S. The Morgan fingerprint density at radius 2 is 1.80 bits per heavy atom. The molecule has 0 spiro atoms. The van der Waals surface area contributed by atoms with Crippen molar-refractivity contribution in [3.8, 4) is 0 Å². The molecule has 0 atom stereocenters. The fourth-order valence-corrected chi connectivity index (χ4v) is 0.823. The Morgan fingerprint density at radius 1 is 1.30 bits per heavy atom. The van der Waals surface area contributed by atoms with Gasteiger partial charge in [-0.3, -0.25) is 0 Å². The lowest BCUT2D eigenvalue weighted by Gasteiger charge is -2.09. The molecule has 0 amide bonds. The monoisotopic (exact) mass is 154 g/mol. The number of rotatable bonds is 1. The molecule has 1 rings (SSSR count). The predicted octanol–water partition coefficient (Wildman–Crippen LogP) is 1.55. The fourth-order valence-electron chi connectivity index (χ4n) is 0.690. The second kappa shape index (κ2) is 2.84. The summed E-state index contributed by atoms with van der Waals surface area (Å²) in [5, 5.41) is 0. The summed E-state index contributed by atoms with van der Waals surface area (Å²) in [6.07, 6.45) is 0. The third kappa shape index (κ3) is 1.57. The minimum atomic E-state index is 0.777. The van der Waals surface area contributed by atoms with Crippen LogP contribution in [0.15, 0.2) is 24.3 Å². The molecule has 54 valence electrons. The van der Waals surface area contributed by atoms with E-state index in [1.165, 1.54) is 0 Å². The van der Waals surface area contributed by atoms with E-state index in [0.717, 1.165) is 11.4 Å². The molecular weight excluding hydrogens is 144 g/mol. The van der Waals surface area contributed by atoms with Gasteiger partial charge in [0.25, 0.3) is 0 Å². The van der Waals surface area contributed by atoms with Crippen molar-refractivity contribution in [2.45, 2.75) is 0 Å². The Balaban J connectivity index is 2.89. The van der Waals surface area contributed by atoms with Gasteiger partial charge in [0, 0.05) is 18.4 Å². The van der Waals surface area contributed by atoms with Gasteiger partial charge in [0.2, 0.25) is 0 Å². The molecule has 2 nitrogen and oxygen atoms in total. The third-order valence-electron chi connectivity index (χ3n) is 1.27. The van der Waals surface area contributed by atoms with Gasteiger partial charge in [0.1, 0.15) is 0 Å². The van der Waals surface area contributed by atoms with E-state index in [4.69, 9.17) is 5.73 Å². The Labute approximate surface area is 66.2 Å². The quantitative estimate of drug-likeness (QED) is 0.474. The van der Waals surface area contributed by atoms with Gasteiger partial charge in [0.05, 0.1) is 0 Å². The van der Waals surface area contributed by atoms with E-state index in [0.29, 0.717) is 0 Å². The van der Waals surface area contributed by atoms with Crippen LogP contribution < -0.4 is 10.0 Å². The molecule has 0 radical (unpaired) electrons. The molecule has 3 heteroatoms. The van der Waals surface area contributed by atoms with Crippen molar-refractivity contribution in [1.29, 1.82) is 0 Å². The summed E-state index contributed by atoms with van der Waals surface area (Å²) in [6.45, 7) is 0. The number of thiol groups is 1. The molecule has 0 bridgehead atoms. The average Bonchev–Trinajstić information content (AvgIpc) is 1.88. The number of nitrogens with zero attached hydrogens (tertiary/aromatic N) is 1. The summed E-state index contributed by atoms with van der Waals surface area (Å²) >= 11 is 4.11. The number of anilines is 2. The largest absolute Gasteiger partial charge is 0.399 e. The van der Waals surface area contributed by atoms with Crippen LogP contribution in [0.25, 0.3) is 0 Å². The third-order valence-corrected chi connectivity index (χ3v) is 1.50. The summed E-state index contributed by atoms with van der Waals surface area (Å²) in [5.74, 6) is 0. The molecule has 0 aliphatic carbocycles.